The molecule has 15 heavy (non-hydrogen) atoms. The first-order valence-corrected chi connectivity index (χ1v) is 5.59. The van der Waals surface area contributed by atoms with Crippen molar-refractivity contribution in [3.05, 3.63) is 23.5 Å². The second kappa shape index (κ2) is 5.15. The summed E-state index contributed by atoms with van der Waals surface area (Å²) in [7, 11) is 0. The van der Waals surface area contributed by atoms with Gasteiger partial charge in [0.05, 0.1) is 0 Å². The highest BCUT2D eigenvalue weighted by atomic mass is 16.5. The van der Waals surface area contributed by atoms with E-state index in [-0.39, 0.29) is 5.97 Å². The summed E-state index contributed by atoms with van der Waals surface area (Å²) in [5.74, 6) is 1.22. The van der Waals surface area contributed by atoms with E-state index < -0.39 is 0 Å². The van der Waals surface area contributed by atoms with Crippen molar-refractivity contribution in [1.82, 2.24) is 0 Å². The van der Waals surface area contributed by atoms with Crippen molar-refractivity contribution in [2.45, 2.75) is 46.5 Å². The Hall–Kier alpha value is -1.05. The maximum absolute atomic E-state index is 11.2. The van der Waals surface area contributed by atoms with E-state index in [9.17, 15) is 4.79 Å². The fourth-order valence-corrected chi connectivity index (χ4v) is 1.79. The SMILES string of the molecule is C=C(C)[C@@H]1CCC(C)=C(OC(=O)CC)C1. The first kappa shape index (κ1) is 12.0. The molecule has 0 fully saturated rings. The molecule has 0 aromatic heterocycles. The summed E-state index contributed by atoms with van der Waals surface area (Å²) in [4.78, 5) is 11.2. The molecule has 1 aliphatic carbocycles. The number of allylic oxidation sites excluding steroid dienone is 3. The molecule has 84 valence electrons. The lowest BCUT2D eigenvalue weighted by Crippen LogP contribution is -2.14. The molecule has 0 aromatic rings. The molecule has 0 heterocycles. The number of hydrogen-bond donors (Lipinski definition) is 0. The molecule has 0 saturated heterocycles. The van der Waals surface area contributed by atoms with Crippen LogP contribution >= 0.6 is 0 Å². The predicted molar refractivity (Wildman–Crippen MR) is 61.2 cm³/mol. The summed E-state index contributed by atoms with van der Waals surface area (Å²) in [6.45, 7) is 9.89. The van der Waals surface area contributed by atoms with Gasteiger partial charge >= 0.3 is 5.97 Å². The van der Waals surface area contributed by atoms with E-state index in [0.29, 0.717) is 12.3 Å². The Kier molecular flexibility index (Phi) is 4.13. The van der Waals surface area contributed by atoms with Gasteiger partial charge in [-0.25, -0.2) is 0 Å². The van der Waals surface area contributed by atoms with Crippen molar-refractivity contribution >= 4 is 5.97 Å². The number of carbonyl (C=O) groups excluding carboxylic acids is 1. The van der Waals surface area contributed by atoms with E-state index in [0.717, 1.165) is 25.0 Å². The minimum atomic E-state index is -0.133. The first-order valence-electron chi connectivity index (χ1n) is 5.59. The highest BCUT2D eigenvalue weighted by Crippen LogP contribution is 2.33. The Bertz CT molecular complexity index is 300. The van der Waals surface area contributed by atoms with Gasteiger partial charge in [-0.3, -0.25) is 4.79 Å². The summed E-state index contributed by atoms with van der Waals surface area (Å²) in [5, 5.41) is 0. The van der Waals surface area contributed by atoms with E-state index >= 15 is 0 Å². The molecule has 0 bridgehead atoms. The summed E-state index contributed by atoms with van der Waals surface area (Å²) in [5.41, 5.74) is 2.40. The third kappa shape index (κ3) is 3.22. The number of hydrogen-bond acceptors (Lipinski definition) is 2. The third-order valence-corrected chi connectivity index (χ3v) is 3.00. The zero-order chi connectivity index (χ0) is 11.4. The second-order valence-corrected chi connectivity index (χ2v) is 4.32. The molecule has 0 aromatic carbocycles. The maximum Gasteiger partial charge on any atom is 0.310 e. The minimum absolute atomic E-state index is 0.133. The van der Waals surface area contributed by atoms with Crippen molar-refractivity contribution in [2.75, 3.05) is 0 Å². The molecule has 1 atom stereocenters. The van der Waals surface area contributed by atoms with Crippen LogP contribution in [-0.2, 0) is 9.53 Å². The Balaban J connectivity index is 2.68. The molecule has 1 rings (SSSR count). The largest absolute Gasteiger partial charge is 0.431 e. The average molecular weight is 208 g/mol. The quantitative estimate of drug-likeness (QED) is 0.523. The molecule has 2 heteroatoms. The van der Waals surface area contributed by atoms with Gasteiger partial charge in [-0.1, -0.05) is 19.1 Å². The fraction of sp³-hybridized carbons (Fsp3) is 0.615. The Labute approximate surface area is 92.0 Å². The van der Waals surface area contributed by atoms with Crippen LogP contribution in [0.5, 0.6) is 0 Å². The maximum atomic E-state index is 11.2. The molecular weight excluding hydrogens is 188 g/mol. The summed E-state index contributed by atoms with van der Waals surface area (Å²) < 4.78 is 5.33. The highest BCUT2D eigenvalue weighted by molar-refractivity contribution is 5.70. The van der Waals surface area contributed by atoms with Crippen LogP contribution in [0.15, 0.2) is 23.5 Å². The van der Waals surface area contributed by atoms with Gasteiger partial charge in [0.2, 0.25) is 0 Å². The first-order chi connectivity index (χ1) is 7.04. The Morgan fingerprint density at radius 3 is 2.80 bits per heavy atom. The van der Waals surface area contributed by atoms with Gasteiger partial charge in [-0.15, -0.1) is 0 Å². The van der Waals surface area contributed by atoms with Gasteiger partial charge in [-0.05, 0) is 38.2 Å². The van der Waals surface area contributed by atoms with E-state index in [2.05, 4.69) is 6.58 Å². The molecule has 0 amide bonds. The van der Waals surface area contributed by atoms with Crippen LogP contribution in [0.4, 0.5) is 0 Å². The van der Waals surface area contributed by atoms with Gasteiger partial charge in [0.15, 0.2) is 0 Å². The normalized spacial score (nSPS) is 21.4. The number of rotatable bonds is 3. The highest BCUT2D eigenvalue weighted by Gasteiger charge is 2.21. The minimum Gasteiger partial charge on any atom is -0.431 e. The van der Waals surface area contributed by atoms with Crippen molar-refractivity contribution in [3.63, 3.8) is 0 Å². The number of ether oxygens (including phenoxy) is 1. The summed E-state index contributed by atoms with van der Waals surface area (Å²) in [6, 6.07) is 0. The molecule has 0 aliphatic heterocycles. The van der Waals surface area contributed by atoms with E-state index in [1.165, 1.54) is 11.1 Å². The fourth-order valence-electron chi connectivity index (χ4n) is 1.79. The zero-order valence-electron chi connectivity index (χ0n) is 9.93. The van der Waals surface area contributed by atoms with Crippen LogP contribution in [0.2, 0.25) is 0 Å². The van der Waals surface area contributed by atoms with E-state index in [4.69, 9.17) is 4.74 Å². The summed E-state index contributed by atoms with van der Waals surface area (Å²) in [6.07, 6.45) is 3.43. The van der Waals surface area contributed by atoms with Crippen molar-refractivity contribution in [2.24, 2.45) is 5.92 Å². The van der Waals surface area contributed by atoms with Crippen LogP contribution in [0.1, 0.15) is 46.5 Å². The molecule has 0 N–H and O–H groups in total. The van der Waals surface area contributed by atoms with Crippen LogP contribution < -0.4 is 0 Å². The van der Waals surface area contributed by atoms with Crippen molar-refractivity contribution in [1.29, 1.82) is 0 Å². The smallest absolute Gasteiger partial charge is 0.310 e. The Morgan fingerprint density at radius 1 is 1.60 bits per heavy atom. The number of esters is 1. The zero-order valence-corrected chi connectivity index (χ0v) is 9.93. The van der Waals surface area contributed by atoms with Crippen LogP contribution in [0, 0.1) is 5.92 Å². The van der Waals surface area contributed by atoms with Gasteiger partial charge < -0.3 is 4.74 Å². The molecule has 0 unspecified atom stereocenters. The third-order valence-electron chi connectivity index (χ3n) is 3.00. The van der Waals surface area contributed by atoms with Crippen molar-refractivity contribution in [3.8, 4) is 0 Å². The van der Waals surface area contributed by atoms with Gasteiger partial charge in [-0.2, -0.15) is 0 Å². The molecular formula is C13H20O2. The second-order valence-electron chi connectivity index (χ2n) is 4.32. The molecule has 1 aliphatic rings. The van der Waals surface area contributed by atoms with Gasteiger partial charge in [0.1, 0.15) is 5.76 Å². The van der Waals surface area contributed by atoms with Crippen LogP contribution in [-0.4, -0.2) is 5.97 Å². The molecule has 2 nitrogen and oxygen atoms in total. The monoisotopic (exact) mass is 208 g/mol. The Morgan fingerprint density at radius 2 is 2.27 bits per heavy atom. The van der Waals surface area contributed by atoms with Crippen LogP contribution in [0.3, 0.4) is 0 Å². The lowest BCUT2D eigenvalue weighted by Gasteiger charge is -2.25. The van der Waals surface area contributed by atoms with Crippen molar-refractivity contribution < 1.29 is 9.53 Å². The van der Waals surface area contributed by atoms with Gasteiger partial charge in [0.25, 0.3) is 0 Å². The lowest BCUT2D eigenvalue weighted by atomic mass is 9.85. The molecule has 0 saturated carbocycles. The predicted octanol–water partition coefficient (Wildman–Crippen LogP) is 3.59. The standard InChI is InChI=1S/C13H20O2/c1-5-13(14)15-12-8-11(9(2)3)7-6-10(12)4/h11H,2,5-8H2,1,3-4H3/t11-/m1/s1. The molecule has 0 radical (unpaired) electrons. The topological polar surface area (TPSA) is 26.3 Å². The van der Waals surface area contributed by atoms with Crippen LogP contribution in [0.25, 0.3) is 0 Å². The lowest BCUT2D eigenvalue weighted by molar-refractivity contribution is -0.139. The van der Waals surface area contributed by atoms with E-state index in [1.807, 2.05) is 20.8 Å². The average Bonchev–Trinajstić information content (AvgIpc) is 2.20. The number of carbonyl (C=O) groups is 1. The van der Waals surface area contributed by atoms with Gasteiger partial charge in [0, 0.05) is 12.8 Å². The summed E-state index contributed by atoms with van der Waals surface area (Å²) >= 11 is 0. The molecule has 0 spiro atoms. The van der Waals surface area contributed by atoms with E-state index in [1.54, 1.807) is 0 Å².